The first-order valence-corrected chi connectivity index (χ1v) is 11.3. The third-order valence-electron chi connectivity index (χ3n) is 6.94. The maximum Gasteiger partial charge on any atom is 0.394 e. The highest BCUT2D eigenvalue weighted by atomic mass is 19.4. The van der Waals surface area contributed by atoms with Crippen LogP contribution < -0.4 is 4.57 Å². The molecule has 0 aliphatic carbocycles. The number of alkyl halides is 3. The first-order valence-electron chi connectivity index (χ1n) is 11.3. The highest BCUT2D eigenvalue weighted by Crippen LogP contribution is 2.42. The Morgan fingerprint density at radius 1 is 0.943 bits per heavy atom. The Bertz CT molecular complexity index is 1630. The molecule has 5 rings (SSSR count). The van der Waals surface area contributed by atoms with Gasteiger partial charge in [0.15, 0.2) is 5.52 Å². The van der Waals surface area contributed by atoms with Crippen LogP contribution in [0.15, 0.2) is 53.2 Å². The van der Waals surface area contributed by atoms with Gasteiger partial charge in [-0.25, -0.2) is 8.96 Å². The van der Waals surface area contributed by atoms with Gasteiger partial charge >= 0.3 is 6.18 Å². The van der Waals surface area contributed by atoms with Gasteiger partial charge in [0.1, 0.15) is 22.7 Å². The first-order chi connectivity index (χ1) is 16.4. The second-order valence-corrected chi connectivity index (χ2v) is 9.93. The van der Waals surface area contributed by atoms with Gasteiger partial charge in [-0.15, -0.1) is 0 Å². The van der Waals surface area contributed by atoms with Gasteiger partial charge in [-0.2, -0.15) is 13.2 Å². The average molecular weight is 482 g/mol. The van der Waals surface area contributed by atoms with Gasteiger partial charge in [0.2, 0.25) is 0 Å². The van der Waals surface area contributed by atoms with E-state index in [2.05, 4.69) is 4.98 Å². The van der Waals surface area contributed by atoms with E-state index in [1.165, 1.54) is 26.0 Å². The first kappa shape index (κ1) is 23.3. The van der Waals surface area contributed by atoms with E-state index in [9.17, 15) is 17.6 Å². The summed E-state index contributed by atoms with van der Waals surface area (Å²) in [5.41, 5.74) is 4.16. The molecule has 7 heteroatoms. The number of aryl methyl sites for hydroxylation is 2. The van der Waals surface area contributed by atoms with Crippen LogP contribution in [0.4, 0.5) is 17.6 Å². The van der Waals surface area contributed by atoms with Crippen LogP contribution in [-0.4, -0.2) is 11.2 Å². The van der Waals surface area contributed by atoms with Gasteiger partial charge in [-0.3, -0.25) is 0 Å². The Kier molecular flexibility index (Phi) is 5.16. The van der Waals surface area contributed by atoms with Crippen LogP contribution in [-0.2, 0) is 13.5 Å². The Morgan fingerprint density at radius 2 is 1.66 bits per heavy atom. The van der Waals surface area contributed by atoms with Crippen LogP contribution >= 0.6 is 0 Å². The fourth-order valence-corrected chi connectivity index (χ4v) is 4.71. The zero-order valence-corrected chi connectivity index (χ0v) is 20.1. The zero-order chi connectivity index (χ0) is 25.3. The van der Waals surface area contributed by atoms with E-state index < -0.39 is 11.6 Å². The fourth-order valence-electron chi connectivity index (χ4n) is 4.71. The molecular formula is C28H25F4N2O+. The van der Waals surface area contributed by atoms with Crippen molar-refractivity contribution in [2.45, 2.75) is 40.3 Å². The van der Waals surface area contributed by atoms with Crippen molar-refractivity contribution in [3.8, 4) is 11.3 Å². The molecule has 3 aromatic carbocycles. The Morgan fingerprint density at radius 3 is 2.37 bits per heavy atom. The summed E-state index contributed by atoms with van der Waals surface area (Å²) in [5.74, 6) is -0.374. The lowest BCUT2D eigenvalue weighted by Crippen LogP contribution is -2.34. The van der Waals surface area contributed by atoms with E-state index in [0.29, 0.717) is 22.2 Å². The number of fused-ring (bicyclic) bond motifs is 4. The van der Waals surface area contributed by atoms with Crippen molar-refractivity contribution in [2.24, 2.45) is 12.5 Å². The van der Waals surface area contributed by atoms with E-state index >= 15 is 0 Å². The second kappa shape index (κ2) is 7.77. The minimum atomic E-state index is -4.31. The second-order valence-electron chi connectivity index (χ2n) is 9.93. The van der Waals surface area contributed by atoms with Crippen molar-refractivity contribution < 1.29 is 26.5 Å². The molecule has 0 aliphatic heterocycles. The maximum absolute atomic E-state index is 13.9. The van der Waals surface area contributed by atoms with Gasteiger partial charge < -0.3 is 4.42 Å². The van der Waals surface area contributed by atoms with Gasteiger partial charge in [0.05, 0.1) is 23.4 Å². The van der Waals surface area contributed by atoms with Crippen molar-refractivity contribution in [1.82, 2.24) is 4.98 Å². The normalized spacial score (nSPS) is 12.8. The summed E-state index contributed by atoms with van der Waals surface area (Å²) >= 11 is 0. The van der Waals surface area contributed by atoms with Crippen molar-refractivity contribution in [2.75, 3.05) is 0 Å². The fraction of sp³-hybridized carbons (Fsp3) is 0.286. The molecule has 180 valence electrons. The molecule has 2 aromatic heterocycles. The van der Waals surface area contributed by atoms with Crippen LogP contribution in [0.3, 0.4) is 0 Å². The molecule has 35 heavy (non-hydrogen) atoms. The molecule has 0 aliphatic rings. The zero-order valence-electron chi connectivity index (χ0n) is 20.1. The summed E-state index contributed by atoms with van der Waals surface area (Å²) < 4.78 is 62.4. The molecule has 0 atom stereocenters. The van der Waals surface area contributed by atoms with Crippen LogP contribution in [0.1, 0.15) is 30.5 Å². The van der Waals surface area contributed by atoms with Crippen LogP contribution in [0, 0.1) is 25.1 Å². The molecule has 2 heterocycles. The molecule has 0 fully saturated rings. The Labute approximate surface area is 200 Å². The summed E-state index contributed by atoms with van der Waals surface area (Å²) in [5, 5.41) is 2.50. The molecule has 0 bridgehead atoms. The number of hydrogen-bond donors (Lipinski definition) is 0. The molecule has 0 N–H and O–H groups in total. The van der Waals surface area contributed by atoms with Crippen LogP contribution in [0.25, 0.3) is 44.1 Å². The summed E-state index contributed by atoms with van der Waals surface area (Å²) in [6.07, 6.45) is -2.80. The SMILES string of the molecule is Cc1cc2c(oc3cc(F)ccc32)c(-c2c3ccc(CC(C)(C)C(F)(F)F)cc3nc[n+]2C)c1C. The molecule has 3 nitrogen and oxygen atoms in total. The molecular weight excluding hydrogens is 456 g/mol. The number of furan rings is 1. The van der Waals surface area contributed by atoms with Crippen molar-refractivity contribution >= 4 is 32.8 Å². The Hall–Kier alpha value is -3.48. The summed E-state index contributed by atoms with van der Waals surface area (Å²) in [4.78, 5) is 4.51. The maximum atomic E-state index is 13.9. The van der Waals surface area contributed by atoms with Crippen LogP contribution in [0.5, 0.6) is 0 Å². The molecule has 0 unspecified atom stereocenters. The quantitative estimate of drug-likeness (QED) is 0.197. The van der Waals surface area contributed by atoms with Gasteiger partial charge in [0, 0.05) is 16.8 Å². The molecule has 0 saturated heterocycles. The molecule has 5 aromatic rings. The van der Waals surface area contributed by atoms with Gasteiger partial charge in [-0.05, 0) is 72.3 Å². The average Bonchev–Trinajstić information content (AvgIpc) is 3.11. The van der Waals surface area contributed by atoms with E-state index in [4.69, 9.17) is 4.42 Å². The van der Waals surface area contributed by atoms with Crippen molar-refractivity contribution in [1.29, 1.82) is 0 Å². The van der Waals surface area contributed by atoms with Gasteiger partial charge in [-0.1, -0.05) is 19.9 Å². The predicted octanol–water partition coefficient (Wildman–Crippen LogP) is 7.51. The molecule has 0 spiro atoms. The molecule has 0 amide bonds. The number of nitrogens with zero attached hydrogens (tertiary/aromatic N) is 2. The summed E-state index contributed by atoms with van der Waals surface area (Å²) in [6.45, 7) is 6.43. The topological polar surface area (TPSA) is 29.9 Å². The summed E-state index contributed by atoms with van der Waals surface area (Å²) in [7, 11) is 1.87. The largest absolute Gasteiger partial charge is 0.455 e. The minimum Gasteiger partial charge on any atom is -0.455 e. The number of rotatable bonds is 3. The highest BCUT2D eigenvalue weighted by molar-refractivity contribution is 6.12. The lowest BCUT2D eigenvalue weighted by atomic mass is 9.84. The predicted molar refractivity (Wildman–Crippen MR) is 129 cm³/mol. The number of halogens is 4. The summed E-state index contributed by atoms with van der Waals surface area (Å²) in [6, 6.07) is 11.8. The minimum absolute atomic E-state index is 0.146. The van der Waals surface area contributed by atoms with E-state index in [1.54, 1.807) is 24.5 Å². The lowest BCUT2D eigenvalue weighted by molar-refractivity contribution is -0.662. The smallest absolute Gasteiger partial charge is 0.394 e. The molecule has 0 saturated carbocycles. The lowest BCUT2D eigenvalue weighted by Gasteiger charge is -2.27. The standard InChI is InChI=1S/C28H25F4N2O/c1-15-10-21-19-9-7-18(29)12-23(19)35-26(21)24(16(15)2)25-20-8-6-17(11-22(20)33-14-34(25)5)13-27(3,4)28(30,31)32/h6-12,14H,13H2,1-5H3/q+1. The number of benzene rings is 3. The van der Waals surface area contributed by atoms with Crippen LogP contribution in [0.2, 0.25) is 0 Å². The Balaban J connectivity index is 1.77. The number of aromatic nitrogens is 2. The number of hydrogen-bond acceptors (Lipinski definition) is 2. The van der Waals surface area contributed by atoms with Gasteiger partial charge in [0.25, 0.3) is 6.33 Å². The van der Waals surface area contributed by atoms with Crippen molar-refractivity contribution in [3.05, 3.63) is 71.3 Å². The van der Waals surface area contributed by atoms with E-state index in [0.717, 1.165) is 38.5 Å². The van der Waals surface area contributed by atoms with Crippen molar-refractivity contribution in [3.63, 3.8) is 0 Å². The monoisotopic (exact) mass is 481 g/mol. The third kappa shape index (κ3) is 3.74. The highest BCUT2D eigenvalue weighted by Gasteiger charge is 2.47. The van der Waals surface area contributed by atoms with E-state index in [1.807, 2.05) is 37.6 Å². The van der Waals surface area contributed by atoms with E-state index in [-0.39, 0.29) is 12.2 Å². The third-order valence-corrected chi connectivity index (χ3v) is 6.94. The molecule has 0 radical (unpaired) electrons.